The number of fused-ring (bicyclic) bond motifs is 1. The van der Waals surface area contributed by atoms with Crippen LogP contribution in [0.5, 0.6) is 11.5 Å². The highest BCUT2D eigenvalue weighted by Gasteiger charge is 2.47. The van der Waals surface area contributed by atoms with Crippen molar-refractivity contribution < 1.29 is 39.2 Å². The molecule has 0 spiro atoms. The lowest BCUT2D eigenvalue weighted by atomic mass is 9.83. The fourth-order valence-corrected chi connectivity index (χ4v) is 5.27. The van der Waals surface area contributed by atoms with Crippen LogP contribution in [-0.2, 0) is 21.0 Å². The van der Waals surface area contributed by atoms with Crippen molar-refractivity contribution in [1.29, 1.82) is 0 Å². The molecule has 2 aliphatic heterocycles. The van der Waals surface area contributed by atoms with E-state index in [4.69, 9.17) is 9.47 Å². The number of hydrogen-bond donors (Lipinski definition) is 4. The van der Waals surface area contributed by atoms with Gasteiger partial charge in [-0.05, 0) is 37.0 Å². The van der Waals surface area contributed by atoms with Crippen molar-refractivity contribution in [2.75, 3.05) is 46.1 Å². The number of hydrogen-bond acceptors (Lipinski definition) is 8. The molecule has 3 atom stereocenters. The highest BCUT2D eigenvalue weighted by Crippen LogP contribution is 2.44. The predicted octanol–water partition coefficient (Wildman–Crippen LogP) is 0.914. The minimum absolute atomic E-state index is 0.0145. The number of likely N-dealkylation sites (tertiary alicyclic amines) is 1. The second kappa shape index (κ2) is 13.6. The Morgan fingerprint density at radius 3 is 2.57 bits per heavy atom. The number of benzene rings is 1. The van der Waals surface area contributed by atoms with E-state index in [1.165, 1.54) is 6.92 Å². The Morgan fingerprint density at radius 2 is 1.92 bits per heavy atom. The SMILES string of the molecule is CCCCN(CCCO)C(=O)CN1C[C@H](c2cc(CO)c3c(c2)OCO3)[C@@H](C(=O)O)[C@@H]1CCNC(C)=O. The summed E-state index contributed by atoms with van der Waals surface area (Å²) >= 11 is 0. The molecular weight excluding hydrogens is 482 g/mol. The number of aliphatic hydroxyl groups excluding tert-OH is 2. The van der Waals surface area contributed by atoms with Gasteiger partial charge in [0.25, 0.3) is 0 Å². The van der Waals surface area contributed by atoms with Gasteiger partial charge in [0, 0.05) is 57.2 Å². The highest BCUT2D eigenvalue weighted by atomic mass is 16.7. The van der Waals surface area contributed by atoms with Gasteiger partial charge in [-0.15, -0.1) is 0 Å². The second-order valence-corrected chi connectivity index (χ2v) is 9.62. The van der Waals surface area contributed by atoms with Gasteiger partial charge < -0.3 is 35.0 Å². The number of aliphatic carboxylic acids is 1. The zero-order valence-electron chi connectivity index (χ0n) is 21.6. The van der Waals surface area contributed by atoms with E-state index in [0.29, 0.717) is 55.1 Å². The van der Waals surface area contributed by atoms with E-state index >= 15 is 0 Å². The maximum atomic E-state index is 13.3. The molecule has 3 rings (SSSR count). The molecule has 0 aromatic heterocycles. The number of ether oxygens (including phenoxy) is 2. The molecule has 1 fully saturated rings. The third-order valence-corrected chi connectivity index (χ3v) is 7.08. The number of unbranched alkanes of at least 4 members (excludes halogenated alkanes) is 1. The topological polar surface area (TPSA) is 149 Å². The molecule has 37 heavy (non-hydrogen) atoms. The summed E-state index contributed by atoms with van der Waals surface area (Å²) in [6.07, 6.45) is 2.60. The molecule has 0 unspecified atom stereocenters. The summed E-state index contributed by atoms with van der Waals surface area (Å²) in [6.45, 7) is 4.84. The van der Waals surface area contributed by atoms with Gasteiger partial charge in [0.2, 0.25) is 18.6 Å². The van der Waals surface area contributed by atoms with Crippen molar-refractivity contribution in [3.8, 4) is 11.5 Å². The van der Waals surface area contributed by atoms with Gasteiger partial charge in [-0.2, -0.15) is 0 Å². The summed E-state index contributed by atoms with van der Waals surface area (Å²) in [7, 11) is 0. The zero-order chi connectivity index (χ0) is 26.9. The molecule has 1 saturated heterocycles. The standard InChI is InChI=1S/C26H39N3O8/c1-3-4-8-28(9-5-10-30)23(33)14-29-13-20(24(26(34)35)21(29)6-7-27-17(2)32)18-11-19(15-31)25-22(12-18)36-16-37-25/h11-12,20-21,24,30-31H,3-10,13-16H2,1-2H3,(H,27,32)(H,34,35)/t20-,21+,24-/m1/s1. The number of rotatable bonds is 14. The van der Waals surface area contributed by atoms with E-state index in [1.807, 2.05) is 11.8 Å². The first-order valence-electron chi connectivity index (χ1n) is 12.9. The summed E-state index contributed by atoms with van der Waals surface area (Å²) in [5, 5.41) is 32.2. The number of carboxylic acid groups (broad SMARTS) is 1. The zero-order valence-corrected chi connectivity index (χ0v) is 21.6. The Hall–Kier alpha value is -2.89. The maximum Gasteiger partial charge on any atom is 0.308 e. The molecular formula is C26H39N3O8. The summed E-state index contributed by atoms with van der Waals surface area (Å²) in [5.74, 6) is -1.69. The van der Waals surface area contributed by atoms with E-state index < -0.39 is 23.8 Å². The molecule has 0 radical (unpaired) electrons. The molecule has 0 aliphatic carbocycles. The molecule has 2 aliphatic rings. The number of carbonyl (C=O) groups is 3. The third-order valence-electron chi connectivity index (χ3n) is 7.08. The van der Waals surface area contributed by atoms with Crippen LogP contribution >= 0.6 is 0 Å². The van der Waals surface area contributed by atoms with Crippen LogP contribution in [0.1, 0.15) is 56.6 Å². The van der Waals surface area contributed by atoms with E-state index in [0.717, 1.165) is 12.8 Å². The van der Waals surface area contributed by atoms with Crippen LogP contribution in [-0.4, -0.2) is 95.1 Å². The molecule has 0 saturated carbocycles. The largest absolute Gasteiger partial charge is 0.481 e. The smallest absolute Gasteiger partial charge is 0.308 e. The maximum absolute atomic E-state index is 13.3. The van der Waals surface area contributed by atoms with Gasteiger partial charge in [-0.25, -0.2) is 0 Å². The fraction of sp³-hybridized carbons (Fsp3) is 0.654. The number of nitrogens with one attached hydrogen (secondary N) is 1. The van der Waals surface area contributed by atoms with Gasteiger partial charge in [0.15, 0.2) is 11.5 Å². The molecule has 1 aromatic rings. The third kappa shape index (κ3) is 7.12. The lowest BCUT2D eigenvalue weighted by Crippen LogP contribution is -2.45. The second-order valence-electron chi connectivity index (χ2n) is 9.62. The van der Waals surface area contributed by atoms with E-state index in [-0.39, 0.29) is 44.9 Å². The van der Waals surface area contributed by atoms with Crippen LogP contribution in [0.2, 0.25) is 0 Å². The first-order valence-corrected chi connectivity index (χ1v) is 12.9. The minimum Gasteiger partial charge on any atom is -0.481 e. The van der Waals surface area contributed by atoms with E-state index in [9.17, 15) is 29.7 Å². The van der Waals surface area contributed by atoms with Crippen molar-refractivity contribution in [1.82, 2.24) is 15.1 Å². The predicted molar refractivity (Wildman–Crippen MR) is 134 cm³/mol. The van der Waals surface area contributed by atoms with Gasteiger partial charge in [-0.1, -0.05) is 13.3 Å². The van der Waals surface area contributed by atoms with Crippen LogP contribution in [0, 0.1) is 5.92 Å². The molecule has 11 heteroatoms. The average Bonchev–Trinajstić information content (AvgIpc) is 3.48. The van der Waals surface area contributed by atoms with Crippen molar-refractivity contribution in [2.24, 2.45) is 5.92 Å². The van der Waals surface area contributed by atoms with Crippen LogP contribution in [0.3, 0.4) is 0 Å². The number of aliphatic hydroxyl groups is 2. The first kappa shape index (κ1) is 28.7. The van der Waals surface area contributed by atoms with Crippen LogP contribution in [0.4, 0.5) is 0 Å². The highest BCUT2D eigenvalue weighted by molar-refractivity contribution is 5.79. The van der Waals surface area contributed by atoms with Gasteiger partial charge in [-0.3, -0.25) is 19.3 Å². The lowest BCUT2D eigenvalue weighted by Gasteiger charge is -2.29. The van der Waals surface area contributed by atoms with Crippen molar-refractivity contribution in [3.05, 3.63) is 23.3 Å². The average molecular weight is 522 g/mol. The normalized spacial score (nSPS) is 20.7. The quantitative estimate of drug-likeness (QED) is 0.280. The molecule has 0 bridgehead atoms. The summed E-state index contributed by atoms with van der Waals surface area (Å²) in [6, 6.07) is 3.01. The first-order chi connectivity index (χ1) is 17.8. The van der Waals surface area contributed by atoms with E-state index in [1.54, 1.807) is 17.0 Å². The number of carbonyl (C=O) groups excluding carboxylic acids is 2. The fourth-order valence-electron chi connectivity index (χ4n) is 5.27. The Balaban J connectivity index is 1.90. The molecule has 11 nitrogen and oxygen atoms in total. The van der Waals surface area contributed by atoms with E-state index in [2.05, 4.69) is 5.32 Å². The Kier molecular flexibility index (Phi) is 10.5. The van der Waals surface area contributed by atoms with Crippen LogP contribution < -0.4 is 14.8 Å². The molecule has 2 amide bonds. The van der Waals surface area contributed by atoms with Gasteiger partial charge >= 0.3 is 5.97 Å². The molecule has 1 aromatic carbocycles. The Labute approximate surface area is 217 Å². The number of amides is 2. The van der Waals surface area contributed by atoms with Crippen molar-refractivity contribution in [2.45, 2.75) is 58.1 Å². The monoisotopic (exact) mass is 521 g/mol. The van der Waals surface area contributed by atoms with Gasteiger partial charge in [0.05, 0.1) is 19.1 Å². The Bertz CT molecular complexity index is 948. The molecule has 206 valence electrons. The van der Waals surface area contributed by atoms with Crippen LogP contribution in [0.15, 0.2) is 12.1 Å². The summed E-state index contributed by atoms with van der Waals surface area (Å²) in [5.41, 5.74) is 1.22. The summed E-state index contributed by atoms with van der Waals surface area (Å²) in [4.78, 5) is 41.0. The molecule has 2 heterocycles. The summed E-state index contributed by atoms with van der Waals surface area (Å²) < 4.78 is 11.0. The number of carboxylic acids is 1. The van der Waals surface area contributed by atoms with Crippen LogP contribution in [0.25, 0.3) is 0 Å². The van der Waals surface area contributed by atoms with Crippen molar-refractivity contribution >= 4 is 17.8 Å². The lowest BCUT2D eigenvalue weighted by molar-refractivity contribution is -0.143. The minimum atomic E-state index is -0.987. The molecule has 4 N–H and O–H groups in total. The Morgan fingerprint density at radius 1 is 1.16 bits per heavy atom. The van der Waals surface area contributed by atoms with Crippen molar-refractivity contribution in [3.63, 3.8) is 0 Å². The number of nitrogens with zero attached hydrogens (tertiary/aromatic N) is 2. The van der Waals surface area contributed by atoms with Gasteiger partial charge in [0.1, 0.15) is 0 Å².